The average molecular weight is 252 g/mol. The van der Waals surface area contributed by atoms with Crippen LogP contribution < -0.4 is 10.6 Å². The zero-order valence-corrected chi connectivity index (χ0v) is 11.4. The van der Waals surface area contributed by atoms with Crippen LogP contribution in [0.5, 0.6) is 0 Å². The molecule has 0 saturated carbocycles. The molecule has 6 heteroatoms. The molecule has 0 aliphatic heterocycles. The Balaban J connectivity index is 2.65. The maximum absolute atomic E-state index is 11.7. The van der Waals surface area contributed by atoms with Crippen LogP contribution >= 0.6 is 0 Å². The molecular weight excluding hydrogens is 232 g/mol. The van der Waals surface area contributed by atoms with Crippen LogP contribution in [-0.2, 0) is 15.0 Å². The van der Waals surface area contributed by atoms with E-state index in [1.165, 1.54) is 6.92 Å². The third-order valence-corrected chi connectivity index (χ3v) is 2.45. The minimum Gasteiger partial charge on any atom is -0.345 e. The first-order valence-corrected chi connectivity index (χ1v) is 5.84. The molecule has 1 rings (SSSR count). The molecule has 0 spiro atoms. The second-order valence-corrected chi connectivity index (χ2v) is 5.33. The van der Waals surface area contributed by atoms with Crippen LogP contribution in [0.25, 0.3) is 0 Å². The van der Waals surface area contributed by atoms with Gasteiger partial charge in [0.2, 0.25) is 11.8 Å². The van der Waals surface area contributed by atoms with E-state index in [1.54, 1.807) is 13.0 Å². The Kier molecular flexibility index (Phi) is 4.11. The Morgan fingerprint density at radius 3 is 2.44 bits per heavy atom. The summed E-state index contributed by atoms with van der Waals surface area (Å²) in [5.41, 5.74) is 0.879. The molecule has 0 aliphatic rings. The fraction of sp³-hybridized carbons (Fsp3) is 0.583. The first-order valence-electron chi connectivity index (χ1n) is 5.84. The SMILES string of the molecule is CC(=O)N[C@H](C)C(=O)Nc1cc(C(C)(C)C)[nH]n1. The molecule has 3 N–H and O–H groups in total. The van der Waals surface area contributed by atoms with E-state index in [0.29, 0.717) is 5.82 Å². The third kappa shape index (κ3) is 3.87. The number of aromatic amines is 1. The second-order valence-electron chi connectivity index (χ2n) is 5.33. The molecule has 0 unspecified atom stereocenters. The fourth-order valence-corrected chi connectivity index (χ4v) is 1.37. The Labute approximate surface area is 107 Å². The number of hydrogen-bond acceptors (Lipinski definition) is 3. The van der Waals surface area contributed by atoms with Gasteiger partial charge in [0.05, 0.1) is 0 Å². The maximum Gasteiger partial charge on any atom is 0.247 e. The van der Waals surface area contributed by atoms with E-state index in [1.807, 2.05) is 20.8 Å². The number of rotatable bonds is 3. The fourth-order valence-electron chi connectivity index (χ4n) is 1.37. The van der Waals surface area contributed by atoms with Gasteiger partial charge in [0.15, 0.2) is 5.82 Å². The van der Waals surface area contributed by atoms with Gasteiger partial charge < -0.3 is 10.6 Å². The number of nitrogens with one attached hydrogen (secondary N) is 3. The molecule has 1 heterocycles. The molecule has 2 amide bonds. The van der Waals surface area contributed by atoms with Crippen LogP contribution in [0.4, 0.5) is 5.82 Å². The van der Waals surface area contributed by atoms with E-state index < -0.39 is 6.04 Å². The quantitative estimate of drug-likeness (QED) is 0.754. The number of hydrogen-bond donors (Lipinski definition) is 3. The van der Waals surface area contributed by atoms with Gasteiger partial charge in [-0.05, 0) is 6.92 Å². The third-order valence-electron chi connectivity index (χ3n) is 2.45. The van der Waals surface area contributed by atoms with E-state index in [-0.39, 0.29) is 17.2 Å². The van der Waals surface area contributed by atoms with Crippen molar-refractivity contribution in [3.63, 3.8) is 0 Å². The van der Waals surface area contributed by atoms with Crippen molar-refractivity contribution in [2.45, 2.75) is 46.1 Å². The van der Waals surface area contributed by atoms with Gasteiger partial charge in [0.1, 0.15) is 6.04 Å². The zero-order chi connectivity index (χ0) is 13.9. The van der Waals surface area contributed by atoms with Crippen molar-refractivity contribution in [3.8, 4) is 0 Å². The first-order chi connectivity index (χ1) is 8.20. The number of aromatic nitrogens is 2. The number of carbonyl (C=O) groups is 2. The van der Waals surface area contributed by atoms with Gasteiger partial charge in [0.25, 0.3) is 0 Å². The van der Waals surface area contributed by atoms with Crippen LogP contribution in [0.1, 0.15) is 40.3 Å². The molecular formula is C12H20N4O2. The number of anilines is 1. The summed E-state index contributed by atoms with van der Waals surface area (Å²) in [5.74, 6) is -0.0747. The number of amides is 2. The standard InChI is InChI=1S/C12H20N4O2/c1-7(13-8(2)17)11(18)14-10-6-9(15-16-10)12(3,4)5/h6-7H,1-5H3,(H,13,17)(H2,14,15,16,18)/t7-/m1/s1. The summed E-state index contributed by atoms with van der Waals surface area (Å²) in [5, 5.41) is 12.0. The molecule has 1 atom stereocenters. The van der Waals surface area contributed by atoms with Crippen LogP contribution in [0, 0.1) is 0 Å². The Bertz CT molecular complexity index is 445. The lowest BCUT2D eigenvalue weighted by Crippen LogP contribution is -2.40. The highest BCUT2D eigenvalue weighted by Crippen LogP contribution is 2.21. The van der Waals surface area contributed by atoms with Crippen LogP contribution in [0.2, 0.25) is 0 Å². The normalized spacial score (nSPS) is 12.9. The predicted octanol–water partition coefficient (Wildman–Crippen LogP) is 1.17. The van der Waals surface area contributed by atoms with Crippen molar-refractivity contribution in [2.75, 3.05) is 5.32 Å². The number of carbonyl (C=O) groups excluding carboxylic acids is 2. The number of nitrogens with zero attached hydrogens (tertiary/aromatic N) is 1. The molecule has 0 fully saturated rings. The van der Waals surface area contributed by atoms with Gasteiger partial charge >= 0.3 is 0 Å². The summed E-state index contributed by atoms with van der Waals surface area (Å²) < 4.78 is 0. The average Bonchev–Trinajstić information content (AvgIpc) is 2.64. The minimum atomic E-state index is -0.586. The summed E-state index contributed by atoms with van der Waals surface area (Å²) in [6.45, 7) is 9.13. The van der Waals surface area contributed by atoms with Crippen molar-refractivity contribution in [1.82, 2.24) is 15.5 Å². The molecule has 100 valence electrons. The highest BCUT2D eigenvalue weighted by Gasteiger charge is 2.19. The monoisotopic (exact) mass is 252 g/mol. The van der Waals surface area contributed by atoms with E-state index in [9.17, 15) is 9.59 Å². The molecule has 1 aromatic heterocycles. The summed E-state index contributed by atoms with van der Waals surface area (Å²) in [4.78, 5) is 22.6. The first kappa shape index (κ1) is 14.2. The highest BCUT2D eigenvalue weighted by molar-refractivity contribution is 5.95. The summed E-state index contributed by atoms with van der Waals surface area (Å²) in [6, 6.07) is 1.20. The second kappa shape index (κ2) is 5.20. The van der Waals surface area contributed by atoms with E-state index in [4.69, 9.17) is 0 Å². The Morgan fingerprint density at radius 2 is 2.00 bits per heavy atom. The molecule has 0 bridgehead atoms. The Morgan fingerprint density at radius 1 is 1.39 bits per heavy atom. The van der Waals surface area contributed by atoms with Crippen LogP contribution in [-0.4, -0.2) is 28.1 Å². The van der Waals surface area contributed by atoms with Crippen molar-refractivity contribution in [1.29, 1.82) is 0 Å². The topological polar surface area (TPSA) is 86.9 Å². The van der Waals surface area contributed by atoms with E-state index in [0.717, 1.165) is 5.69 Å². The van der Waals surface area contributed by atoms with Crippen LogP contribution in [0.3, 0.4) is 0 Å². The van der Waals surface area contributed by atoms with Crippen LogP contribution in [0.15, 0.2) is 6.07 Å². The summed E-state index contributed by atoms with van der Waals surface area (Å²) >= 11 is 0. The highest BCUT2D eigenvalue weighted by atomic mass is 16.2. The lowest BCUT2D eigenvalue weighted by molar-refractivity contribution is -0.124. The Hall–Kier alpha value is -1.85. The largest absolute Gasteiger partial charge is 0.345 e. The molecule has 0 radical (unpaired) electrons. The minimum absolute atomic E-state index is 0.0563. The zero-order valence-electron chi connectivity index (χ0n) is 11.4. The van der Waals surface area contributed by atoms with Gasteiger partial charge in [-0.2, -0.15) is 5.10 Å². The summed E-state index contributed by atoms with van der Waals surface area (Å²) in [6.07, 6.45) is 0. The number of H-pyrrole nitrogens is 1. The molecule has 18 heavy (non-hydrogen) atoms. The van der Waals surface area contributed by atoms with E-state index in [2.05, 4.69) is 20.8 Å². The lowest BCUT2D eigenvalue weighted by atomic mass is 9.92. The van der Waals surface area contributed by atoms with Crippen molar-refractivity contribution < 1.29 is 9.59 Å². The van der Waals surface area contributed by atoms with Gasteiger partial charge in [-0.15, -0.1) is 0 Å². The molecule has 0 aliphatic carbocycles. The molecule has 1 aromatic rings. The summed E-state index contributed by atoms with van der Waals surface area (Å²) in [7, 11) is 0. The van der Waals surface area contributed by atoms with Crippen molar-refractivity contribution in [3.05, 3.63) is 11.8 Å². The maximum atomic E-state index is 11.7. The smallest absolute Gasteiger partial charge is 0.247 e. The van der Waals surface area contributed by atoms with Gasteiger partial charge in [-0.25, -0.2) is 0 Å². The molecule has 0 saturated heterocycles. The molecule has 6 nitrogen and oxygen atoms in total. The van der Waals surface area contributed by atoms with Gasteiger partial charge in [-0.3, -0.25) is 14.7 Å². The molecule has 0 aromatic carbocycles. The van der Waals surface area contributed by atoms with E-state index >= 15 is 0 Å². The lowest BCUT2D eigenvalue weighted by Gasteiger charge is -2.14. The predicted molar refractivity (Wildman–Crippen MR) is 69.2 cm³/mol. The van der Waals surface area contributed by atoms with Gasteiger partial charge in [-0.1, -0.05) is 20.8 Å². The van der Waals surface area contributed by atoms with Crippen molar-refractivity contribution in [2.24, 2.45) is 0 Å². The van der Waals surface area contributed by atoms with Crippen molar-refractivity contribution >= 4 is 17.6 Å². The van der Waals surface area contributed by atoms with Gasteiger partial charge in [0, 0.05) is 24.1 Å².